The van der Waals surface area contributed by atoms with Crippen molar-refractivity contribution in [3.05, 3.63) is 58.4 Å². The van der Waals surface area contributed by atoms with E-state index in [1.54, 1.807) is 37.3 Å². The van der Waals surface area contributed by atoms with Crippen LogP contribution in [0.3, 0.4) is 0 Å². The van der Waals surface area contributed by atoms with E-state index in [-0.39, 0.29) is 30.7 Å². The average molecular weight is 422 g/mol. The number of likely N-dealkylation sites (N-methyl/N-ethyl adjacent to an activating group) is 1. The first kappa shape index (κ1) is 22.6. The fourth-order valence-electron chi connectivity index (χ4n) is 2.72. The van der Waals surface area contributed by atoms with Gasteiger partial charge in [0.15, 0.2) is 11.6 Å². The van der Waals surface area contributed by atoms with E-state index in [0.29, 0.717) is 23.8 Å². The zero-order valence-corrected chi connectivity index (χ0v) is 17.5. The van der Waals surface area contributed by atoms with E-state index in [1.807, 2.05) is 11.8 Å². The fourth-order valence-corrected chi connectivity index (χ4v) is 2.90. The van der Waals surface area contributed by atoms with Crippen LogP contribution in [0.1, 0.15) is 18.1 Å². The normalized spacial score (nSPS) is 10.7. The summed E-state index contributed by atoms with van der Waals surface area (Å²) < 4.78 is 18.7. The van der Waals surface area contributed by atoms with Crippen LogP contribution in [-0.4, -0.2) is 43.5 Å². The molecule has 0 heterocycles. The highest BCUT2D eigenvalue weighted by atomic mass is 35.5. The number of hydrogen-bond acceptors (Lipinski definition) is 4. The molecule has 156 valence electrons. The van der Waals surface area contributed by atoms with Crippen LogP contribution in [-0.2, 0) is 16.1 Å². The number of nitrogens with zero attached hydrogens (tertiary/aromatic N) is 1. The van der Waals surface area contributed by atoms with Crippen molar-refractivity contribution >= 4 is 29.1 Å². The molecule has 0 spiro atoms. The minimum atomic E-state index is -0.446. The molecule has 0 aliphatic heterocycles. The number of halogens is 2. The summed E-state index contributed by atoms with van der Waals surface area (Å²) in [5.74, 6) is -0.906. The summed E-state index contributed by atoms with van der Waals surface area (Å²) >= 11 is 6.03. The van der Waals surface area contributed by atoms with Gasteiger partial charge >= 0.3 is 0 Å². The van der Waals surface area contributed by atoms with Crippen molar-refractivity contribution in [3.63, 3.8) is 0 Å². The Morgan fingerprint density at radius 1 is 1.21 bits per heavy atom. The summed E-state index contributed by atoms with van der Waals surface area (Å²) in [4.78, 5) is 26.1. The van der Waals surface area contributed by atoms with Crippen molar-refractivity contribution in [2.75, 3.05) is 32.1 Å². The van der Waals surface area contributed by atoms with E-state index in [4.69, 9.17) is 16.3 Å². The molecule has 2 amide bonds. The summed E-state index contributed by atoms with van der Waals surface area (Å²) in [5.41, 5.74) is 2.10. The van der Waals surface area contributed by atoms with Crippen molar-refractivity contribution < 1.29 is 18.7 Å². The predicted molar refractivity (Wildman–Crippen MR) is 112 cm³/mol. The smallest absolute Gasteiger partial charge is 0.243 e. The molecule has 0 saturated heterocycles. The molecule has 0 unspecified atom stereocenters. The quantitative estimate of drug-likeness (QED) is 0.651. The van der Waals surface area contributed by atoms with Crippen LogP contribution in [0.15, 0.2) is 36.4 Å². The molecule has 8 heteroatoms. The van der Waals surface area contributed by atoms with E-state index >= 15 is 0 Å². The number of amides is 2. The van der Waals surface area contributed by atoms with Crippen molar-refractivity contribution in [1.29, 1.82) is 0 Å². The average Bonchev–Trinajstić information content (AvgIpc) is 2.69. The number of hydrogen-bond donors (Lipinski definition) is 2. The monoisotopic (exact) mass is 421 g/mol. The molecule has 0 aliphatic carbocycles. The molecule has 0 atom stereocenters. The number of rotatable bonds is 9. The van der Waals surface area contributed by atoms with Gasteiger partial charge in [-0.3, -0.25) is 14.5 Å². The van der Waals surface area contributed by atoms with E-state index in [9.17, 15) is 14.0 Å². The molecular weight excluding hydrogens is 397 g/mol. The van der Waals surface area contributed by atoms with E-state index in [2.05, 4.69) is 10.6 Å². The Balaban J connectivity index is 1.84. The van der Waals surface area contributed by atoms with Crippen LogP contribution in [0.25, 0.3) is 0 Å². The third kappa shape index (κ3) is 6.73. The summed E-state index contributed by atoms with van der Waals surface area (Å²) in [6.45, 7) is 4.64. The van der Waals surface area contributed by atoms with Gasteiger partial charge in [0.05, 0.1) is 20.2 Å². The third-order valence-electron chi connectivity index (χ3n) is 4.42. The lowest BCUT2D eigenvalue weighted by atomic mass is 10.2. The standard InChI is InChI=1S/C21H25ClFN3O3/c1-4-26(12-15-8-9-19(29-3)17(23)10-15)13-21(28)24-11-20(27)25-18-7-5-6-16(22)14(18)2/h5-10H,4,11-13H2,1-3H3,(H,24,28)(H,25,27). The van der Waals surface area contributed by atoms with Crippen molar-refractivity contribution in [3.8, 4) is 5.75 Å². The summed E-state index contributed by atoms with van der Waals surface area (Å²) in [6.07, 6.45) is 0. The van der Waals surface area contributed by atoms with Crippen molar-refractivity contribution in [2.24, 2.45) is 0 Å². The van der Waals surface area contributed by atoms with Gasteiger partial charge in [0.1, 0.15) is 0 Å². The Kier molecular flexibility index (Phi) is 8.42. The molecule has 2 aromatic carbocycles. The van der Waals surface area contributed by atoms with Gasteiger partial charge in [-0.25, -0.2) is 4.39 Å². The molecule has 0 fully saturated rings. The first-order chi connectivity index (χ1) is 13.8. The van der Waals surface area contributed by atoms with Crippen LogP contribution in [0.5, 0.6) is 5.75 Å². The molecule has 6 nitrogen and oxygen atoms in total. The number of benzene rings is 2. The molecular formula is C21H25ClFN3O3. The Morgan fingerprint density at radius 3 is 2.62 bits per heavy atom. The van der Waals surface area contributed by atoms with E-state index in [0.717, 1.165) is 11.1 Å². The topological polar surface area (TPSA) is 70.7 Å². The van der Waals surface area contributed by atoms with Crippen molar-refractivity contribution in [1.82, 2.24) is 10.2 Å². The second-order valence-corrected chi connectivity index (χ2v) is 6.92. The number of carbonyl (C=O) groups excluding carboxylic acids is 2. The van der Waals surface area contributed by atoms with Gasteiger partial charge in [-0.15, -0.1) is 0 Å². The van der Waals surface area contributed by atoms with Gasteiger partial charge in [0.25, 0.3) is 0 Å². The second-order valence-electron chi connectivity index (χ2n) is 6.51. The van der Waals surface area contributed by atoms with Crippen LogP contribution in [0, 0.1) is 12.7 Å². The van der Waals surface area contributed by atoms with Gasteiger partial charge < -0.3 is 15.4 Å². The van der Waals surface area contributed by atoms with Gasteiger partial charge in [-0.05, 0) is 48.9 Å². The lowest BCUT2D eigenvalue weighted by Gasteiger charge is -2.20. The first-order valence-electron chi connectivity index (χ1n) is 9.20. The summed E-state index contributed by atoms with van der Waals surface area (Å²) in [5, 5.41) is 5.88. The Labute approximate surface area is 175 Å². The molecule has 2 aromatic rings. The molecule has 29 heavy (non-hydrogen) atoms. The number of carbonyl (C=O) groups is 2. The van der Waals surface area contributed by atoms with Crippen LogP contribution in [0.4, 0.5) is 10.1 Å². The highest BCUT2D eigenvalue weighted by Crippen LogP contribution is 2.22. The first-order valence-corrected chi connectivity index (χ1v) is 9.58. The number of ether oxygens (including phenoxy) is 1. The molecule has 0 aliphatic rings. The molecule has 2 rings (SSSR count). The lowest BCUT2D eigenvalue weighted by Crippen LogP contribution is -2.40. The second kappa shape index (κ2) is 10.8. The SMILES string of the molecule is CCN(CC(=O)NCC(=O)Nc1cccc(Cl)c1C)Cc1ccc(OC)c(F)c1. The molecule has 2 N–H and O–H groups in total. The Bertz CT molecular complexity index is 876. The number of nitrogens with one attached hydrogen (secondary N) is 2. The highest BCUT2D eigenvalue weighted by Gasteiger charge is 2.13. The zero-order chi connectivity index (χ0) is 21.4. The van der Waals surface area contributed by atoms with Crippen molar-refractivity contribution in [2.45, 2.75) is 20.4 Å². The maximum absolute atomic E-state index is 13.8. The Morgan fingerprint density at radius 2 is 1.97 bits per heavy atom. The number of methoxy groups -OCH3 is 1. The molecule has 0 bridgehead atoms. The third-order valence-corrected chi connectivity index (χ3v) is 4.83. The van der Waals surface area contributed by atoms with Gasteiger partial charge in [-0.1, -0.05) is 30.7 Å². The molecule has 0 saturated carbocycles. The fraction of sp³-hybridized carbons (Fsp3) is 0.333. The summed E-state index contributed by atoms with van der Waals surface area (Å²) in [6, 6.07) is 9.92. The van der Waals surface area contributed by atoms with Crippen LogP contribution in [0.2, 0.25) is 5.02 Å². The minimum Gasteiger partial charge on any atom is -0.494 e. The van der Waals surface area contributed by atoms with Gasteiger partial charge in [0.2, 0.25) is 11.8 Å². The Hall–Kier alpha value is -2.64. The minimum absolute atomic E-state index is 0.0909. The lowest BCUT2D eigenvalue weighted by molar-refractivity contribution is -0.125. The van der Waals surface area contributed by atoms with E-state index in [1.165, 1.54) is 13.2 Å². The van der Waals surface area contributed by atoms with Crippen LogP contribution >= 0.6 is 11.6 Å². The van der Waals surface area contributed by atoms with E-state index < -0.39 is 5.82 Å². The zero-order valence-electron chi connectivity index (χ0n) is 16.7. The molecule has 0 radical (unpaired) electrons. The largest absolute Gasteiger partial charge is 0.494 e. The maximum atomic E-state index is 13.8. The number of anilines is 1. The molecule has 0 aromatic heterocycles. The van der Waals surface area contributed by atoms with Crippen LogP contribution < -0.4 is 15.4 Å². The van der Waals surface area contributed by atoms with Gasteiger partial charge in [-0.2, -0.15) is 0 Å². The maximum Gasteiger partial charge on any atom is 0.243 e. The van der Waals surface area contributed by atoms with Gasteiger partial charge in [0, 0.05) is 17.3 Å². The predicted octanol–water partition coefficient (Wildman–Crippen LogP) is 3.37. The highest BCUT2D eigenvalue weighted by molar-refractivity contribution is 6.31. The summed E-state index contributed by atoms with van der Waals surface area (Å²) in [7, 11) is 1.41.